The minimum absolute atomic E-state index is 0.196. The lowest BCUT2D eigenvalue weighted by Gasteiger charge is -2.22. The SMILES string of the molecule is COC(=O)OCN(C(=O)OC)c1ccc(OCc2nc(Cl)c(Cl)s2)cc1C. The number of aryl methyl sites for hydroxylation is 1. The van der Waals surface area contributed by atoms with Gasteiger partial charge in [0.2, 0.25) is 0 Å². The van der Waals surface area contributed by atoms with Crippen LogP contribution in [0.2, 0.25) is 9.49 Å². The van der Waals surface area contributed by atoms with E-state index in [1.807, 2.05) is 0 Å². The number of carbonyl (C=O) groups is 2. The van der Waals surface area contributed by atoms with Gasteiger partial charge in [-0.05, 0) is 30.7 Å². The monoisotopic (exact) mass is 434 g/mol. The van der Waals surface area contributed by atoms with Crippen LogP contribution in [0.1, 0.15) is 10.6 Å². The zero-order valence-corrected chi connectivity index (χ0v) is 17.0. The molecule has 1 aromatic heterocycles. The summed E-state index contributed by atoms with van der Waals surface area (Å²) >= 11 is 12.9. The first kappa shape index (κ1) is 21.1. The molecule has 1 heterocycles. The molecule has 0 saturated carbocycles. The van der Waals surface area contributed by atoms with Gasteiger partial charge in [-0.1, -0.05) is 23.2 Å². The number of carbonyl (C=O) groups excluding carboxylic acids is 2. The lowest BCUT2D eigenvalue weighted by molar-refractivity contribution is 0.0717. The predicted molar refractivity (Wildman–Crippen MR) is 101 cm³/mol. The molecule has 0 spiro atoms. The molecule has 0 bridgehead atoms. The van der Waals surface area contributed by atoms with Crippen LogP contribution in [-0.2, 0) is 20.8 Å². The molecule has 1 amide bonds. The summed E-state index contributed by atoms with van der Waals surface area (Å²) in [5, 5.41) is 0.875. The van der Waals surface area contributed by atoms with E-state index in [0.29, 0.717) is 26.3 Å². The van der Waals surface area contributed by atoms with Crippen LogP contribution in [-0.4, -0.2) is 38.2 Å². The van der Waals surface area contributed by atoms with E-state index in [1.54, 1.807) is 25.1 Å². The van der Waals surface area contributed by atoms with Crippen molar-refractivity contribution in [1.29, 1.82) is 0 Å². The molecule has 2 rings (SSSR count). The standard InChI is InChI=1S/C16H16Cl2N2O6S/c1-9-6-10(25-7-12-19-13(17)14(18)27-12)4-5-11(9)20(15(21)23-2)8-26-16(22)24-3/h4-6H,7-8H2,1-3H3. The van der Waals surface area contributed by atoms with E-state index in [0.717, 1.165) is 4.90 Å². The molecule has 0 unspecified atom stereocenters. The maximum Gasteiger partial charge on any atom is 0.509 e. The Kier molecular flexibility index (Phi) is 7.52. The maximum absolute atomic E-state index is 12.0. The summed E-state index contributed by atoms with van der Waals surface area (Å²) in [7, 11) is 2.40. The summed E-state index contributed by atoms with van der Waals surface area (Å²) in [6.07, 6.45) is -1.61. The summed E-state index contributed by atoms with van der Waals surface area (Å²) in [6.45, 7) is 1.60. The minimum atomic E-state index is -0.915. The van der Waals surface area contributed by atoms with Gasteiger partial charge in [0.05, 0.1) is 19.9 Å². The third-order valence-corrected chi connectivity index (χ3v) is 5.00. The first-order valence-electron chi connectivity index (χ1n) is 7.46. The average Bonchev–Trinajstić information content (AvgIpc) is 2.98. The van der Waals surface area contributed by atoms with Gasteiger partial charge in [-0.2, -0.15) is 0 Å². The van der Waals surface area contributed by atoms with E-state index in [2.05, 4.69) is 9.72 Å². The first-order valence-corrected chi connectivity index (χ1v) is 9.03. The van der Waals surface area contributed by atoms with Crippen LogP contribution in [0, 0.1) is 6.92 Å². The van der Waals surface area contributed by atoms with E-state index in [4.69, 9.17) is 37.4 Å². The van der Waals surface area contributed by atoms with Crippen molar-refractivity contribution in [3.63, 3.8) is 0 Å². The van der Waals surface area contributed by atoms with Gasteiger partial charge in [-0.3, -0.25) is 0 Å². The number of aromatic nitrogens is 1. The molecule has 0 aliphatic rings. The molecule has 1 aromatic carbocycles. The quantitative estimate of drug-likeness (QED) is 0.482. The number of methoxy groups -OCH3 is 2. The number of ether oxygens (including phenoxy) is 4. The summed E-state index contributed by atoms with van der Waals surface area (Å²) in [4.78, 5) is 28.4. The molecule has 0 atom stereocenters. The molecule has 27 heavy (non-hydrogen) atoms. The van der Waals surface area contributed by atoms with Gasteiger partial charge in [0.25, 0.3) is 0 Å². The van der Waals surface area contributed by atoms with E-state index in [-0.39, 0.29) is 18.5 Å². The molecule has 0 aliphatic heterocycles. The van der Waals surface area contributed by atoms with Crippen molar-refractivity contribution in [1.82, 2.24) is 4.98 Å². The molecule has 0 saturated heterocycles. The molecule has 0 aliphatic carbocycles. The molecule has 0 radical (unpaired) electrons. The summed E-state index contributed by atoms with van der Waals surface area (Å²) in [5.41, 5.74) is 1.18. The largest absolute Gasteiger partial charge is 0.509 e. The van der Waals surface area contributed by atoms with Crippen LogP contribution in [0.4, 0.5) is 15.3 Å². The van der Waals surface area contributed by atoms with E-state index < -0.39 is 12.2 Å². The molecule has 0 fully saturated rings. The minimum Gasteiger partial charge on any atom is -0.486 e. The molecular formula is C16H16Cl2N2O6S. The average molecular weight is 435 g/mol. The van der Waals surface area contributed by atoms with E-state index in [1.165, 1.54) is 25.6 Å². The Morgan fingerprint density at radius 1 is 1.22 bits per heavy atom. The number of benzene rings is 1. The number of amides is 1. The van der Waals surface area contributed by atoms with Crippen LogP contribution in [0.5, 0.6) is 5.75 Å². The number of rotatable bonds is 6. The Bertz CT molecular complexity index is 810. The highest BCUT2D eigenvalue weighted by molar-refractivity contribution is 7.16. The Balaban J connectivity index is 2.11. The summed E-state index contributed by atoms with van der Waals surface area (Å²) in [6, 6.07) is 5.03. The van der Waals surface area contributed by atoms with E-state index in [9.17, 15) is 9.59 Å². The topological polar surface area (TPSA) is 87.2 Å². The number of thiazole rings is 1. The fraction of sp³-hybridized carbons (Fsp3) is 0.312. The number of anilines is 1. The number of nitrogens with zero attached hydrogens (tertiary/aromatic N) is 2. The number of hydrogen-bond donors (Lipinski definition) is 0. The van der Waals surface area contributed by atoms with Crippen LogP contribution in [0.25, 0.3) is 0 Å². The lowest BCUT2D eigenvalue weighted by atomic mass is 10.2. The number of halogens is 2. The van der Waals surface area contributed by atoms with Crippen molar-refractivity contribution in [3.05, 3.63) is 38.3 Å². The number of hydrogen-bond acceptors (Lipinski definition) is 8. The highest BCUT2D eigenvalue weighted by Gasteiger charge is 2.20. The van der Waals surface area contributed by atoms with Gasteiger partial charge in [0.15, 0.2) is 11.9 Å². The van der Waals surface area contributed by atoms with Gasteiger partial charge in [-0.25, -0.2) is 19.5 Å². The van der Waals surface area contributed by atoms with Crippen molar-refractivity contribution in [3.8, 4) is 5.75 Å². The highest BCUT2D eigenvalue weighted by Crippen LogP contribution is 2.30. The zero-order valence-electron chi connectivity index (χ0n) is 14.7. The van der Waals surface area contributed by atoms with Crippen LogP contribution < -0.4 is 9.64 Å². The van der Waals surface area contributed by atoms with Crippen LogP contribution >= 0.6 is 34.5 Å². The Morgan fingerprint density at radius 2 is 1.96 bits per heavy atom. The highest BCUT2D eigenvalue weighted by atomic mass is 35.5. The van der Waals surface area contributed by atoms with Crippen molar-refractivity contribution in [2.24, 2.45) is 0 Å². The zero-order chi connectivity index (χ0) is 20.0. The lowest BCUT2D eigenvalue weighted by Crippen LogP contribution is -2.34. The Hall–Kier alpha value is -2.23. The third-order valence-electron chi connectivity index (χ3n) is 3.29. The van der Waals surface area contributed by atoms with Gasteiger partial charge in [-0.15, -0.1) is 11.3 Å². The molecular weight excluding hydrogens is 419 g/mol. The van der Waals surface area contributed by atoms with Gasteiger partial charge < -0.3 is 18.9 Å². The second-order valence-corrected chi connectivity index (χ2v) is 7.08. The van der Waals surface area contributed by atoms with Crippen molar-refractivity contribution in [2.75, 3.05) is 25.9 Å². The van der Waals surface area contributed by atoms with Crippen LogP contribution in [0.15, 0.2) is 18.2 Å². The molecule has 11 heteroatoms. The van der Waals surface area contributed by atoms with E-state index >= 15 is 0 Å². The van der Waals surface area contributed by atoms with Gasteiger partial charge in [0, 0.05) is 0 Å². The normalized spacial score (nSPS) is 10.3. The summed E-state index contributed by atoms with van der Waals surface area (Å²) in [5.74, 6) is 0.553. The third kappa shape index (κ3) is 5.62. The smallest absolute Gasteiger partial charge is 0.486 e. The fourth-order valence-corrected chi connectivity index (χ4v) is 3.22. The molecule has 0 N–H and O–H groups in total. The van der Waals surface area contributed by atoms with Crippen molar-refractivity contribution in [2.45, 2.75) is 13.5 Å². The maximum atomic E-state index is 12.0. The molecule has 146 valence electrons. The van der Waals surface area contributed by atoms with Gasteiger partial charge in [0.1, 0.15) is 21.7 Å². The Labute approximate surface area is 169 Å². The first-order chi connectivity index (χ1) is 12.8. The van der Waals surface area contributed by atoms with Crippen molar-refractivity contribution >= 4 is 52.5 Å². The summed E-state index contributed by atoms with van der Waals surface area (Å²) < 4.78 is 20.0. The second-order valence-electron chi connectivity index (χ2n) is 5.03. The van der Waals surface area contributed by atoms with Crippen molar-refractivity contribution < 1.29 is 28.5 Å². The Morgan fingerprint density at radius 3 is 2.52 bits per heavy atom. The second kappa shape index (κ2) is 9.63. The fourth-order valence-electron chi connectivity index (χ4n) is 2.06. The van der Waals surface area contributed by atoms with Crippen LogP contribution in [0.3, 0.4) is 0 Å². The molecule has 2 aromatic rings. The predicted octanol–water partition coefficient (Wildman–Crippen LogP) is 4.65. The molecule has 8 nitrogen and oxygen atoms in total. The van der Waals surface area contributed by atoms with Gasteiger partial charge >= 0.3 is 12.2 Å².